The Bertz CT molecular complexity index is 848. The Labute approximate surface area is 143 Å². The number of carbonyl (C=O) groups is 1. The number of carbonyl (C=O) groups excluding carboxylic acids is 1. The molecule has 2 aromatic carbocycles. The first-order chi connectivity index (χ1) is 11.6. The van der Waals surface area contributed by atoms with Gasteiger partial charge in [0.1, 0.15) is 5.82 Å². The van der Waals surface area contributed by atoms with Gasteiger partial charge in [-0.3, -0.25) is 4.68 Å². The largest absolute Gasteiger partial charge is 0.323 e. The molecule has 1 aromatic heterocycles. The molecule has 0 atom stereocenters. The molecule has 3 rings (SSSR count). The molecule has 0 bridgehead atoms. The molecule has 122 valence electrons. The molecule has 0 fully saturated rings. The van der Waals surface area contributed by atoms with E-state index in [-0.39, 0.29) is 11.8 Å². The lowest BCUT2D eigenvalue weighted by atomic mass is 10.2. The number of anilines is 2. The number of benzene rings is 2. The third-order valence-corrected chi connectivity index (χ3v) is 3.48. The van der Waals surface area contributed by atoms with Crippen LogP contribution in [0.5, 0.6) is 0 Å². The van der Waals surface area contributed by atoms with Gasteiger partial charge in [-0.2, -0.15) is 5.10 Å². The predicted octanol–water partition coefficient (Wildman–Crippen LogP) is 4.37. The Morgan fingerprint density at radius 2 is 1.88 bits per heavy atom. The third kappa shape index (κ3) is 4.33. The maximum atomic E-state index is 13.2. The van der Waals surface area contributed by atoms with Crippen molar-refractivity contribution in [1.29, 1.82) is 0 Å². The van der Waals surface area contributed by atoms with Crippen LogP contribution in [0, 0.1) is 5.82 Å². The molecular weight excluding hydrogens is 331 g/mol. The van der Waals surface area contributed by atoms with E-state index in [0.717, 1.165) is 5.56 Å². The summed E-state index contributed by atoms with van der Waals surface area (Å²) in [7, 11) is 0. The van der Waals surface area contributed by atoms with Crippen molar-refractivity contribution >= 4 is 29.0 Å². The molecule has 2 amide bonds. The third-order valence-electron chi connectivity index (χ3n) is 3.23. The number of halogens is 2. The van der Waals surface area contributed by atoms with Gasteiger partial charge in [-0.15, -0.1) is 0 Å². The second-order valence-corrected chi connectivity index (χ2v) is 5.58. The minimum atomic E-state index is -0.386. The Kier molecular flexibility index (Phi) is 4.77. The van der Waals surface area contributed by atoms with Crippen molar-refractivity contribution < 1.29 is 9.18 Å². The van der Waals surface area contributed by atoms with Crippen molar-refractivity contribution in [2.75, 3.05) is 10.6 Å². The molecule has 0 spiro atoms. The molecular formula is C17H14ClFN4O. The van der Waals surface area contributed by atoms with Gasteiger partial charge in [-0.1, -0.05) is 23.7 Å². The van der Waals surface area contributed by atoms with Crippen LogP contribution in [0.4, 0.5) is 20.6 Å². The Morgan fingerprint density at radius 1 is 1.12 bits per heavy atom. The van der Waals surface area contributed by atoms with Gasteiger partial charge < -0.3 is 10.6 Å². The van der Waals surface area contributed by atoms with Gasteiger partial charge in [0.2, 0.25) is 0 Å². The molecule has 24 heavy (non-hydrogen) atoms. The second kappa shape index (κ2) is 7.14. The predicted molar refractivity (Wildman–Crippen MR) is 91.8 cm³/mol. The van der Waals surface area contributed by atoms with E-state index in [1.165, 1.54) is 18.3 Å². The van der Waals surface area contributed by atoms with Gasteiger partial charge >= 0.3 is 6.03 Å². The minimum absolute atomic E-state index is 0.291. The fourth-order valence-corrected chi connectivity index (χ4v) is 2.29. The molecule has 0 saturated carbocycles. The fourth-order valence-electron chi connectivity index (χ4n) is 2.16. The highest BCUT2D eigenvalue weighted by Gasteiger charge is 2.06. The number of nitrogens with one attached hydrogen (secondary N) is 2. The summed E-state index contributed by atoms with van der Waals surface area (Å²) >= 11 is 5.79. The lowest BCUT2D eigenvalue weighted by molar-refractivity contribution is 0.262. The number of hydrogen-bond donors (Lipinski definition) is 2. The van der Waals surface area contributed by atoms with Gasteiger partial charge in [0, 0.05) is 16.9 Å². The molecule has 0 unspecified atom stereocenters. The van der Waals surface area contributed by atoms with Crippen molar-refractivity contribution in [3.63, 3.8) is 0 Å². The zero-order valence-corrected chi connectivity index (χ0v) is 13.3. The van der Waals surface area contributed by atoms with Crippen molar-refractivity contribution in [2.24, 2.45) is 0 Å². The highest BCUT2D eigenvalue weighted by Crippen LogP contribution is 2.14. The molecule has 0 radical (unpaired) electrons. The molecule has 0 aliphatic carbocycles. The van der Waals surface area contributed by atoms with Crippen LogP contribution < -0.4 is 10.6 Å². The van der Waals surface area contributed by atoms with E-state index in [1.807, 2.05) is 6.07 Å². The number of urea groups is 1. The monoisotopic (exact) mass is 344 g/mol. The standard InChI is InChI=1S/C17H14ClFN4O/c18-13-4-6-15(7-5-13)21-17(24)22-16-9-20-23(11-16)10-12-2-1-3-14(19)8-12/h1-9,11H,10H2,(H2,21,22,24). The Morgan fingerprint density at radius 3 is 2.62 bits per heavy atom. The molecule has 1 heterocycles. The van der Waals surface area contributed by atoms with Crippen LogP contribution in [0.25, 0.3) is 0 Å². The first kappa shape index (κ1) is 16.0. The van der Waals surface area contributed by atoms with Gasteiger partial charge in [-0.05, 0) is 42.0 Å². The van der Waals surface area contributed by atoms with Crippen LogP contribution in [-0.2, 0) is 6.54 Å². The smallest absolute Gasteiger partial charge is 0.308 e. The maximum absolute atomic E-state index is 13.2. The van der Waals surface area contributed by atoms with Crippen LogP contribution in [0.3, 0.4) is 0 Å². The van der Waals surface area contributed by atoms with Crippen LogP contribution in [-0.4, -0.2) is 15.8 Å². The summed E-state index contributed by atoms with van der Waals surface area (Å²) < 4.78 is 14.8. The van der Waals surface area contributed by atoms with Crippen molar-refractivity contribution in [3.05, 3.63) is 77.3 Å². The molecule has 3 aromatic rings. The van der Waals surface area contributed by atoms with Crippen LogP contribution >= 0.6 is 11.6 Å². The maximum Gasteiger partial charge on any atom is 0.323 e. The fraction of sp³-hybridized carbons (Fsp3) is 0.0588. The molecule has 2 N–H and O–H groups in total. The topological polar surface area (TPSA) is 59.0 Å². The van der Waals surface area contributed by atoms with E-state index in [1.54, 1.807) is 41.2 Å². The van der Waals surface area contributed by atoms with E-state index in [2.05, 4.69) is 15.7 Å². The molecule has 0 aliphatic rings. The number of hydrogen-bond acceptors (Lipinski definition) is 2. The SMILES string of the molecule is O=C(Nc1ccc(Cl)cc1)Nc1cnn(Cc2cccc(F)c2)c1. The van der Waals surface area contributed by atoms with E-state index >= 15 is 0 Å². The summed E-state index contributed by atoms with van der Waals surface area (Å²) in [6, 6.07) is 12.7. The van der Waals surface area contributed by atoms with E-state index in [9.17, 15) is 9.18 Å². The minimum Gasteiger partial charge on any atom is -0.308 e. The Hall–Kier alpha value is -2.86. The van der Waals surface area contributed by atoms with Gasteiger partial charge in [0.05, 0.1) is 18.4 Å². The highest BCUT2D eigenvalue weighted by atomic mass is 35.5. The van der Waals surface area contributed by atoms with E-state index in [0.29, 0.717) is 22.9 Å². The van der Waals surface area contributed by atoms with Crippen molar-refractivity contribution in [2.45, 2.75) is 6.54 Å². The number of aromatic nitrogens is 2. The number of amides is 2. The average molecular weight is 345 g/mol. The summed E-state index contributed by atoms with van der Waals surface area (Å²) in [6.07, 6.45) is 3.20. The summed E-state index contributed by atoms with van der Waals surface area (Å²) in [5, 5.41) is 10.1. The summed E-state index contributed by atoms with van der Waals surface area (Å²) in [5.41, 5.74) is 1.96. The summed E-state index contributed by atoms with van der Waals surface area (Å²) in [4.78, 5) is 11.9. The van der Waals surface area contributed by atoms with Crippen molar-refractivity contribution in [3.8, 4) is 0 Å². The number of nitrogens with zero attached hydrogens (tertiary/aromatic N) is 2. The molecule has 0 aliphatic heterocycles. The zero-order valence-electron chi connectivity index (χ0n) is 12.5. The number of rotatable bonds is 4. The molecule has 5 nitrogen and oxygen atoms in total. The summed E-state index contributed by atoms with van der Waals surface area (Å²) in [6.45, 7) is 0.415. The van der Waals surface area contributed by atoms with Gasteiger partial charge in [-0.25, -0.2) is 9.18 Å². The second-order valence-electron chi connectivity index (χ2n) is 5.14. The van der Waals surface area contributed by atoms with Crippen LogP contribution in [0.2, 0.25) is 5.02 Å². The zero-order chi connectivity index (χ0) is 16.9. The van der Waals surface area contributed by atoms with Crippen molar-refractivity contribution in [1.82, 2.24) is 9.78 Å². The quantitative estimate of drug-likeness (QED) is 0.738. The first-order valence-corrected chi connectivity index (χ1v) is 7.57. The molecule has 7 heteroatoms. The van der Waals surface area contributed by atoms with Crippen LogP contribution in [0.15, 0.2) is 60.9 Å². The average Bonchev–Trinajstić information content (AvgIpc) is 2.96. The lowest BCUT2D eigenvalue weighted by Gasteiger charge is -2.06. The summed E-state index contributed by atoms with van der Waals surface area (Å²) in [5.74, 6) is -0.291. The van der Waals surface area contributed by atoms with E-state index < -0.39 is 0 Å². The highest BCUT2D eigenvalue weighted by molar-refractivity contribution is 6.30. The van der Waals surface area contributed by atoms with Gasteiger partial charge in [0.25, 0.3) is 0 Å². The van der Waals surface area contributed by atoms with E-state index in [4.69, 9.17) is 11.6 Å². The normalized spacial score (nSPS) is 10.4. The Balaban J connectivity index is 1.59. The lowest BCUT2D eigenvalue weighted by Crippen LogP contribution is -2.19. The van der Waals surface area contributed by atoms with Crippen LogP contribution in [0.1, 0.15) is 5.56 Å². The molecule has 0 saturated heterocycles. The first-order valence-electron chi connectivity index (χ1n) is 7.19. The van der Waals surface area contributed by atoms with Gasteiger partial charge in [0.15, 0.2) is 0 Å².